The van der Waals surface area contributed by atoms with E-state index < -0.39 is 5.60 Å². The summed E-state index contributed by atoms with van der Waals surface area (Å²) in [7, 11) is 0. The van der Waals surface area contributed by atoms with Crippen molar-refractivity contribution in [3.8, 4) is 5.75 Å². The molecule has 0 aromatic heterocycles. The minimum absolute atomic E-state index is 0.345. The molecule has 1 aliphatic carbocycles. The van der Waals surface area contributed by atoms with Crippen LogP contribution in [0.5, 0.6) is 5.75 Å². The molecule has 1 aliphatic rings. The Bertz CT molecular complexity index is 365. The number of hydrogen-bond donors (Lipinski definition) is 2. The van der Waals surface area contributed by atoms with Crippen molar-refractivity contribution in [2.75, 3.05) is 0 Å². The van der Waals surface area contributed by atoms with Crippen LogP contribution in [0.15, 0.2) is 12.1 Å². The Morgan fingerprint density at radius 2 is 2.00 bits per heavy atom. The molecule has 76 valence electrons. The van der Waals surface area contributed by atoms with Gasteiger partial charge in [-0.1, -0.05) is 6.92 Å². The first-order valence-corrected chi connectivity index (χ1v) is 5.12. The van der Waals surface area contributed by atoms with Crippen molar-refractivity contribution in [3.63, 3.8) is 0 Å². The lowest BCUT2D eigenvalue weighted by atomic mass is 9.97. The second-order valence-corrected chi connectivity index (χ2v) is 4.18. The van der Waals surface area contributed by atoms with Gasteiger partial charge < -0.3 is 10.2 Å². The number of aromatic hydroxyl groups is 1. The Balaban J connectivity index is 2.50. The predicted octanol–water partition coefficient (Wildman–Crippen LogP) is 2.24. The van der Waals surface area contributed by atoms with E-state index in [9.17, 15) is 10.2 Å². The van der Waals surface area contributed by atoms with Gasteiger partial charge in [0.1, 0.15) is 5.75 Å². The molecule has 14 heavy (non-hydrogen) atoms. The number of aliphatic hydroxyl groups is 1. The molecule has 2 heteroatoms. The van der Waals surface area contributed by atoms with Crippen LogP contribution in [0.2, 0.25) is 0 Å². The third-order valence-corrected chi connectivity index (χ3v) is 3.03. The van der Waals surface area contributed by atoms with Crippen molar-refractivity contribution in [1.29, 1.82) is 0 Å². The second kappa shape index (κ2) is 2.99. The first kappa shape index (κ1) is 9.53. The lowest BCUT2D eigenvalue weighted by Gasteiger charge is -2.14. The molecule has 2 nitrogen and oxygen atoms in total. The summed E-state index contributed by atoms with van der Waals surface area (Å²) in [6, 6.07) is 3.70. The Morgan fingerprint density at radius 1 is 1.36 bits per heavy atom. The van der Waals surface area contributed by atoms with Crippen molar-refractivity contribution in [2.24, 2.45) is 0 Å². The molecule has 1 fully saturated rings. The van der Waals surface area contributed by atoms with Gasteiger partial charge in [-0.05, 0) is 55.0 Å². The molecule has 0 saturated heterocycles. The summed E-state index contributed by atoms with van der Waals surface area (Å²) in [5.41, 5.74) is 2.31. The lowest BCUT2D eigenvalue weighted by molar-refractivity contribution is 0.150. The number of benzene rings is 1. The largest absolute Gasteiger partial charge is 0.508 e. The molecule has 0 spiro atoms. The van der Waals surface area contributed by atoms with E-state index in [0.717, 1.165) is 36.0 Å². The van der Waals surface area contributed by atoms with Gasteiger partial charge in [0.15, 0.2) is 0 Å². The minimum atomic E-state index is -0.596. The molecule has 1 aromatic carbocycles. The van der Waals surface area contributed by atoms with Crippen LogP contribution in [0, 0.1) is 6.92 Å². The molecule has 0 aliphatic heterocycles. The highest BCUT2D eigenvalue weighted by Crippen LogP contribution is 2.47. The number of phenolic OH excluding ortho intramolecular Hbond substituents is 1. The second-order valence-electron chi connectivity index (χ2n) is 4.18. The van der Waals surface area contributed by atoms with Crippen molar-refractivity contribution in [3.05, 3.63) is 28.8 Å². The van der Waals surface area contributed by atoms with Crippen LogP contribution in [0.25, 0.3) is 0 Å². The van der Waals surface area contributed by atoms with E-state index in [1.165, 1.54) is 0 Å². The molecule has 2 N–H and O–H groups in total. The number of phenols is 1. The fourth-order valence-electron chi connectivity index (χ4n) is 1.91. The first-order valence-electron chi connectivity index (χ1n) is 5.12. The molecule has 0 bridgehead atoms. The average Bonchev–Trinajstić information content (AvgIpc) is 2.85. The van der Waals surface area contributed by atoms with Crippen LogP contribution in [-0.2, 0) is 12.0 Å². The third-order valence-electron chi connectivity index (χ3n) is 3.03. The maximum absolute atomic E-state index is 10.0. The van der Waals surface area contributed by atoms with E-state index in [1.54, 1.807) is 6.07 Å². The Kier molecular flexibility index (Phi) is 2.04. The van der Waals surface area contributed by atoms with Crippen LogP contribution in [-0.4, -0.2) is 10.2 Å². The summed E-state index contributed by atoms with van der Waals surface area (Å²) < 4.78 is 0. The first-order chi connectivity index (χ1) is 6.57. The summed E-state index contributed by atoms with van der Waals surface area (Å²) >= 11 is 0. The molecule has 0 atom stereocenters. The SMILES string of the molecule is CCc1cc(C2(O)CC2)c(C)cc1O. The highest BCUT2D eigenvalue weighted by molar-refractivity contribution is 5.45. The monoisotopic (exact) mass is 192 g/mol. The van der Waals surface area contributed by atoms with Crippen LogP contribution in [0.1, 0.15) is 36.5 Å². The molecule has 2 rings (SSSR count). The smallest absolute Gasteiger partial charge is 0.119 e. The van der Waals surface area contributed by atoms with Crippen molar-refractivity contribution < 1.29 is 10.2 Å². The molecule has 0 radical (unpaired) electrons. The Hall–Kier alpha value is -1.02. The fraction of sp³-hybridized carbons (Fsp3) is 0.500. The normalized spacial score (nSPS) is 18.2. The summed E-state index contributed by atoms with van der Waals surface area (Å²) in [5, 5.41) is 19.6. The van der Waals surface area contributed by atoms with Gasteiger partial charge in [-0.2, -0.15) is 0 Å². The maximum Gasteiger partial charge on any atom is 0.119 e. The zero-order chi connectivity index (χ0) is 10.3. The van der Waals surface area contributed by atoms with Gasteiger partial charge in [0.2, 0.25) is 0 Å². The van der Waals surface area contributed by atoms with E-state index in [1.807, 2.05) is 19.9 Å². The van der Waals surface area contributed by atoms with Gasteiger partial charge in [-0.3, -0.25) is 0 Å². The van der Waals surface area contributed by atoms with Gasteiger partial charge in [0.05, 0.1) is 5.60 Å². The quantitative estimate of drug-likeness (QED) is 0.754. The van der Waals surface area contributed by atoms with E-state index >= 15 is 0 Å². The summed E-state index contributed by atoms with van der Waals surface area (Å²) in [6.07, 6.45) is 2.50. The maximum atomic E-state index is 10.0. The van der Waals surface area contributed by atoms with E-state index in [-0.39, 0.29) is 0 Å². The molecule has 0 heterocycles. The fourth-order valence-corrected chi connectivity index (χ4v) is 1.91. The van der Waals surface area contributed by atoms with Gasteiger partial charge in [-0.25, -0.2) is 0 Å². The van der Waals surface area contributed by atoms with Crippen LogP contribution < -0.4 is 0 Å². The zero-order valence-electron chi connectivity index (χ0n) is 8.67. The van der Waals surface area contributed by atoms with Gasteiger partial charge in [0.25, 0.3) is 0 Å². The molecular formula is C12H16O2. The molecule has 0 amide bonds. The Morgan fingerprint density at radius 3 is 2.50 bits per heavy atom. The van der Waals surface area contributed by atoms with Crippen molar-refractivity contribution in [1.82, 2.24) is 0 Å². The third kappa shape index (κ3) is 1.40. The zero-order valence-corrected chi connectivity index (χ0v) is 8.67. The Labute approximate surface area is 84.2 Å². The van der Waals surface area contributed by atoms with Crippen molar-refractivity contribution in [2.45, 2.75) is 38.7 Å². The van der Waals surface area contributed by atoms with Gasteiger partial charge in [-0.15, -0.1) is 0 Å². The van der Waals surface area contributed by atoms with E-state index in [2.05, 4.69) is 0 Å². The van der Waals surface area contributed by atoms with E-state index in [0.29, 0.717) is 5.75 Å². The molecular weight excluding hydrogens is 176 g/mol. The molecule has 1 aromatic rings. The standard InChI is InChI=1S/C12H16O2/c1-3-9-7-10(12(14)4-5-12)8(2)6-11(9)13/h6-7,13-14H,3-5H2,1-2H3. The summed E-state index contributed by atoms with van der Waals surface area (Å²) in [4.78, 5) is 0. The van der Waals surface area contributed by atoms with Gasteiger partial charge >= 0.3 is 0 Å². The van der Waals surface area contributed by atoms with Crippen LogP contribution in [0.4, 0.5) is 0 Å². The molecule has 1 saturated carbocycles. The summed E-state index contributed by atoms with van der Waals surface area (Å²) in [5.74, 6) is 0.345. The topological polar surface area (TPSA) is 40.5 Å². The molecule has 0 unspecified atom stereocenters. The number of aryl methyl sites for hydroxylation is 2. The van der Waals surface area contributed by atoms with E-state index in [4.69, 9.17) is 0 Å². The predicted molar refractivity (Wildman–Crippen MR) is 55.4 cm³/mol. The van der Waals surface area contributed by atoms with Gasteiger partial charge in [0, 0.05) is 0 Å². The highest BCUT2D eigenvalue weighted by Gasteiger charge is 2.43. The minimum Gasteiger partial charge on any atom is -0.508 e. The number of hydrogen-bond acceptors (Lipinski definition) is 2. The average molecular weight is 192 g/mol. The highest BCUT2D eigenvalue weighted by atomic mass is 16.3. The van der Waals surface area contributed by atoms with Crippen LogP contribution in [0.3, 0.4) is 0 Å². The number of rotatable bonds is 2. The van der Waals surface area contributed by atoms with Crippen molar-refractivity contribution >= 4 is 0 Å². The lowest BCUT2D eigenvalue weighted by Crippen LogP contribution is -2.07. The summed E-state index contributed by atoms with van der Waals surface area (Å²) in [6.45, 7) is 3.94. The van der Waals surface area contributed by atoms with Crippen LogP contribution >= 0.6 is 0 Å².